The van der Waals surface area contributed by atoms with Crippen molar-refractivity contribution in [3.63, 3.8) is 0 Å². The lowest BCUT2D eigenvalue weighted by Gasteiger charge is -2.14. The molecule has 2 nitrogen and oxygen atoms in total. The first kappa shape index (κ1) is 8.11. The standard InChI is InChI=1S/C10H17NO/c1-10(2)8(9(10)11)7-4-3-5-12-6-7/h6,8-9H,3-5,11H2,1-2H3/t8-,9-/m1/s1. The maximum absolute atomic E-state index is 5.98. The van der Waals surface area contributed by atoms with Gasteiger partial charge in [0.25, 0.3) is 0 Å². The van der Waals surface area contributed by atoms with E-state index < -0.39 is 0 Å². The molecule has 0 amide bonds. The fourth-order valence-corrected chi connectivity index (χ4v) is 2.20. The van der Waals surface area contributed by atoms with Crippen LogP contribution in [0.1, 0.15) is 26.7 Å². The number of ether oxygens (including phenoxy) is 1. The summed E-state index contributed by atoms with van der Waals surface area (Å²) >= 11 is 0. The minimum Gasteiger partial charge on any atom is -0.501 e. The third kappa shape index (κ3) is 1.06. The van der Waals surface area contributed by atoms with Gasteiger partial charge in [-0.3, -0.25) is 0 Å². The monoisotopic (exact) mass is 167 g/mol. The van der Waals surface area contributed by atoms with E-state index in [4.69, 9.17) is 10.5 Å². The average Bonchev–Trinajstić information content (AvgIpc) is 2.53. The average molecular weight is 167 g/mol. The van der Waals surface area contributed by atoms with Gasteiger partial charge in [-0.05, 0) is 23.8 Å². The van der Waals surface area contributed by atoms with Gasteiger partial charge in [0.05, 0.1) is 12.9 Å². The van der Waals surface area contributed by atoms with Crippen LogP contribution in [0.3, 0.4) is 0 Å². The fourth-order valence-electron chi connectivity index (χ4n) is 2.20. The first-order valence-electron chi connectivity index (χ1n) is 4.70. The van der Waals surface area contributed by atoms with Crippen molar-refractivity contribution in [2.45, 2.75) is 32.7 Å². The summed E-state index contributed by atoms with van der Waals surface area (Å²) in [6.45, 7) is 5.35. The molecule has 12 heavy (non-hydrogen) atoms. The molecule has 1 heterocycles. The number of rotatable bonds is 1. The second-order valence-electron chi connectivity index (χ2n) is 4.49. The summed E-state index contributed by atoms with van der Waals surface area (Å²) in [5.41, 5.74) is 7.72. The van der Waals surface area contributed by atoms with E-state index in [-0.39, 0.29) is 0 Å². The van der Waals surface area contributed by atoms with Gasteiger partial charge in [-0.2, -0.15) is 0 Å². The summed E-state index contributed by atoms with van der Waals surface area (Å²) in [6, 6.07) is 0.352. The molecule has 0 aromatic rings. The molecular weight excluding hydrogens is 150 g/mol. The molecule has 2 atom stereocenters. The highest BCUT2D eigenvalue weighted by Crippen LogP contribution is 2.55. The molecule has 2 aliphatic rings. The molecule has 2 rings (SSSR count). The van der Waals surface area contributed by atoms with Crippen LogP contribution in [-0.2, 0) is 4.74 Å². The SMILES string of the molecule is CC1(C)[C@H](N)[C@H]1C1=COCCC1. The Balaban J connectivity index is 2.07. The first-order valence-corrected chi connectivity index (χ1v) is 4.70. The molecule has 1 aliphatic heterocycles. The van der Waals surface area contributed by atoms with Gasteiger partial charge < -0.3 is 10.5 Å². The number of nitrogens with two attached hydrogens (primary N) is 1. The Bertz CT molecular complexity index is 220. The summed E-state index contributed by atoms with van der Waals surface area (Å²) in [5, 5.41) is 0. The van der Waals surface area contributed by atoms with Crippen LogP contribution >= 0.6 is 0 Å². The molecule has 2 N–H and O–H groups in total. The molecule has 0 unspecified atom stereocenters. The Hall–Kier alpha value is -0.500. The molecule has 1 saturated carbocycles. The lowest BCUT2D eigenvalue weighted by molar-refractivity contribution is 0.220. The number of hydrogen-bond acceptors (Lipinski definition) is 2. The van der Waals surface area contributed by atoms with Crippen molar-refractivity contribution in [1.82, 2.24) is 0 Å². The summed E-state index contributed by atoms with van der Waals surface area (Å²) in [5.74, 6) is 0.581. The Labute approximate surface area is 73.8 Å². The van der Waals surface area contributed by atoms with E-state index in [1.807, 2.05) is 6.26 Å². The van der Waals surface area contributed by atoms with Crippen molar-refractivity contribution in [3.05, 3.63) is 11.8 Å². The normalized spacial score (nSPS) is 38.4. The van der Waals surface area contributed by atoms with Crippen LogP contribution in [0.4, 0.5) is 0 Å². The molecule has 0 saturated heterocycles. The van der Waals surface area contributed by atoms with Gasteiger partial charge in [-0.15, -0.1) is 0 Å². The summed E-state index contributed by atoms with van der Waals surface area (Å²) in [6.07, 6.45) is 4.27. The summed E-state index contributed by atoms with van der Waals surface area (Å²) < 4.78 is 5.31. The molecule has 1 fully saturated rings. The van der Waals surface area contributed by atoms with Gasteiger partial charge in [0, 0.05) is 12.0 Å². The molecule has 0 aromatic carbocycles. The molecule has 0 bridgehead atoms. The third-order valence-corrected chi connectivity index (χ3v) is 3.27. The lowest BCUT2D eigenvalue weighted by Crippen LogP contribution is -2.08. The molecule has 0 radical (unpaired) electrons. The van der Waals surface area contributed by atoms with Gasteiger partial charge >= 0.3 is 0 Å². The summed E-state index contributed by atoms with van der Waals surface area (Å²) in [7, 11) is 0. The summed E-state index contributed by atoms with van der Waals surface area (Å²) in [4.78, 5) is 0. The van der Waals surface area contributed by atoms with E-state index in [0.717, 1.165) is 13.0 Å². The van der Waals surface area contributed by atoms with Crippen molar-refractivity contribution in [2.24, 2.45) is 17.1 Å². The zero-order chi connectivity index (χ0) is 8.77. The van der Waals surface area contributed by atoms with Crippen molar-refractivity contribution in [1.29, 1.82) is 0 Å². The smallest absolute Gasteiger partial charge is 0.0876 e. The van der Waals surface area contributed by atoms with Crippen LogP contribution in [0.15, 0.2) is 11.8 Å². The van der Waals surface area contributed by atoms with Gasteiger partial charge in [0.15, 0.2) is 0 Å². The lowest BCUT2D eigenvalue weighted by atomic mass is 10.00. The predicted molar refractivity (Wildman–Crippen MR) is 48.5 cm³/mol. The minimum atomic E-state index is 0.312. The Morgan fingerprint density at radius 3 is 2.67 bits per heavy atom. The second-order valence-corrected chi connectivity index (χ2v) is 4.49. The van der Waals surface area contributed by atoms with Gasteiger partial charge in [0.2, 0.25) is 0 Å². The van der Waals surface area contributed by atoms with Crippen LogP contribution in [0.5, 0.6) is 0 Å². The van der Waals surface area contributed by atoms with E-state index in [2.05, 4.69) is 13.8 Å². The Morgan fingerprint density at radius 2 is 2.25 bits per heavy atom. The maximum atomic E-state index is 5.98. The second kappa shape index (κ2) is 2.49. The van der Waals surface area contributed by atoms with Crippen LogP contribution in [-0.4, -0.2) is 12.6 Å². The highest BCUT2D eigenvalue weighted by atomic mass is 16.5. The highest BCUT2D eigenvalue weighted by Gasteiger charge is 2.57. The van der Waals surface area contributed by atoms with Crippen LogP contribution in [0.2, 0.25) is 0 Å². The molecule has 0 spiro atoms. The fraction of sp³-hybridized carbons (Fsp3) is 0.800. The van der Waals surface area contributed by atoms with Crippen molar-refractivity contribution >= 4 is 0 Å². The molecule has 68 valence electrons. The first-order chi connectivity index (χ1) is 5.64. The van der Waals surface area contributed by atoms with Gasteiger partial charge in [-0.1, -0.05) is 13.8 Å². The Kier molecular flexibility index (Phi) is 1.69. The van der Waals surface area contributed by atoms with E-state index in [0.29, 0.717) is 17.4 Å². The van der Waals surface area contributed by atoms with Gasteiger partial charge in [0.1, 0.15) is 0 Å². The number of hydrogen-bond donors (Lipinski definition) is 1. The maximum Gasteiger partial charge on any atom is 0.0876 e. The minimum absolute atomic E-state index is 0.312. The topological polar surface area (TPSA) is 35.2 Å². The highest BCUT2D eigenvalue weighted by molar-refractivity contribution is 5.26. The zero-order valence-electron chi connectivity index (χ0n) is 7.84. The molecule has 0 aromatic heterocycles. The van der Waals surface area contributed by atoms with Crippen molar-refractivity contribution in [2.75, 3.05) is 6.61 Å². The molecule has 2 heteroatoms. The van der Waals surface area contributed by atoms with E-state index in [1.54, 1.807) is 0 Å². The quantitative estimate of drug-likeness (QED) is 0.644. The third-order valence-electron chi connectivity index (χ3n) is 3.27. The van der Waals surface area contributed by atoms with E-state index >= 15 is 0 Å². The van der Waals surface area contributed by atoms with Crippen molar-refractivity contribution < 1.29 is 4.74 Å². The van der Waals surface area contributed by atoms with E-state index in [1.165, 1.54) is 12.0 Å². The molecule has 1 aliphatic carbocycles. The van der Waals surface area contributed by atoms with Crippen LogP contribution < -0.4 is 5.73 Å². The van der Waals surface area contributed by atoms with Gasteiger partial charge in [-0.25, -0.2) is 0 Å². The zero-order valence-corrected chi connectivity index (χ0v) is 7.84. The van der Waals surface area contributed by atoms with E-state index in [9.17, 15) is 0 Å². The molecular formula is C10H17NO. The van der Waals surface area contributed by atoms with Crippen LogP contribution in [0, 0.1) is 11.3 Å². The predicted octanol–water partition coefficient (Wildman–Crippen LogP) is 1.66. The van der Waals surface area contributed by atoms with Crippen LogP contribution in [0.25, 0.3) is 0 Å². The van der Waals surface area contributed by atoms with Crippen molar-refractivity contribution in [3.8, 4) is 0 Å². The Morgan fingerprint density at radius 1 is 1.58 bits per heavy atom. The largest absolute Gasteiger partial charge is 0.501 e.